The van der Waals surface area contributed by atoms with Gasteiger partial charge in [0.15, 0.2) is 6.29 Å². The van der Waals surface area contributed by atoms with Gasteiger partial charge < -0.3 is 9.47 Å². The van der Waals surface area contributed by atoms with Gasteiger partial charge in [-0.2, -0.15) is 0 Å². The molecular formula is C23H38O2Y. The van der Waals surface area contributed by atoms with Crippen molar-refractivity contribution in [3.8, 4) is 5.75 Å². The molecule has 0 heterocycles. The molecule has 1 atom stereocenters. The summed E-state index contributed by atoms with van der Waals surface area (Å²) in [4.78, 5) is 0. The van der Waals surface area contributed by atoms with Gasteiger partial charge in [0.1, 0.15) is 5.75 Å². The molecule has 1 saturated carbocycles. The monoisotopic (exact) mass is 435 g/mol. The first kappa shape index (κ1) is 24.1. The maximum Gasteiger partial charge on any atom is 0.196 e. The summed E-state index contributed by atoms with van der Waals surface area (Å²) in [6, 6.07) is 8.62. The summed E-state index contributed by atoms with van der Waals surface area (Å²) in [6.45, 7) is 12.0. The summed E-state index contributed by atoms with van der Waals surface area (Å²) in [5, 5.41) is 0. The number of ether oxygens (including phenoxy) is 2. The second kappa shape index (κ2) is 12.5. The zero-order valence-corrected chi connectivity index (χ0v) is 20.4. The fraction of sp³-hybridized carbons (Fsp3) is 0.739. The summed E-state index contributed by atoms with van der Waals surface area (Å²) in [6.07, 6.45) is 7.98. The molecule has 145 valence electrons. The number of benzene rings is 1. The minimum absolute atomic E-state index is 0. The Hall–Kier alpha value is 0.0839. The Morgan fingerprint density at radius 2 is 1.46 bits per heavy atom. The van der Waals surface area contributed by atoms with Gasteiger partial charge in [-0.05, 0) is 54.7 Å². The fourth-order valence-corrected chi connectivity index (χ4v) is 4.41. The van der Waals surface area contributed by atoms with E-state index in [-0.39, 0.29) is 39.0 Å². The van der Waals surface area contributed by atoms with E-state index in [1.165, 1.54) is 44.1 Å². The maximum atomic E-state index is 5.94. The SMILES string of the molecule is CC(OCCC1CCCCC1)Oc1ccc(C(C(C)C)C(C)C)cc1.[Y]. The summed E-state index contributed by atoms with van der Waals surface area (Å²) < 4.78 is 11.8. The van der Waals surface area contributed by atoms with Crippen molar-refractivity contribution in [3.63, 3.8) is 0 Å². The summed E-state index contributed by atoms with van der Waals surface area (Å²) in [5.41, 5.74) is 1.41. The van der Waals surface area contributed by atoms with Crippen LogP contribution in [0.5, 0.6) is 5.75 Å². The van der Waals surface area contributed by atoms with E-state index in [9.17, 15) is 0 Å². The molecule has 1 fully saturated rings. The molecule has 3 heteroatoms. The van der Waals surface area contributed by atoms with Crippen molar-refractivity contribution in [3.05, 3.63) is 29.8 Å². The molecule has 1 radical (unpaired) electrons. The number of hydrogen-bond acceptors (Lipinski definition) is 2. The van der Waals surface area contributed by atoms with Crippen LogP contribution in [-0.2, 0) is 37.4 Å². The maximum absolute atomic E-state index is 5.94. The minimum atomic E-state index is -0.180. The fourth-order valence-electron chi connectivity index (χ4n) is 4.41. The van der Waals surface area contributed by atoms with Crippen molar-refractivity contribution in [2.24, 2.45) is 17.8 Å². The third-order valence-electron chi connectivity index (χ3n) is 5.61. The van der Waals surface area contributed by atoms with Crippen LogP contribution in [0.1, 0.15) is 84.6 Å². The van der Waals surface area contributed by atoms with E-state index in [1.807, 2.05) is 6.92 Å². The molecular weight excluding hydrogens is 397 g/mol. The summed E-state index contributed by atoms with van der Waals surface area (Å²) in [5.74, 6) is 3.66. The van der Waals surface area contributed by atoms with Crippen LogP contribution in [0.15, 0.2) is 24.3 Å². The average Bonchev–Trinajstić information content (AvgIpc) is 2.57. The van der Waals surface area contributed by atoms with Gasteiger partial charge in [-0.25, -0.2) is 0 Å². The van der Waals surface area contributed by atoms with Crippen LogP contribution in [0, 0.1) is 17.8 Å². The van der Waals surface area contributed by atoms with Crippen LogP contribution in [0.4, 0.5) is 0 Å². The number of hydrogen-bond donors (Lipinski definition) is 0. The molecule has 1 aromatic carbocycles. The Morgan fingerprint density at radius 3 is 2.00 bits per heavy atom. The molecule has 0 aliphatic heterocycles. The van der Waals surface area contributed by atoms with Crippen molar-refractivity contribution in [1.29, 1.82) is 0 Å². The van der Waals surface area contributed by atoms with Gasteiger partial charge in [0, 0.05) is 32.7 Å². The Morgan fingerprint density at radius 1 is 0.885 bits per heavy atom. The van der Waals surface area contributed by atoms with Crippen LogP contribution in [0.25, 0.3) is 0 Å². The average molecular weight is 435 g/mol. The van der Waals surface area contributed by atoms with Gasteiger partial charge in [-0.15, -0.1) is 0 Å². The van der Waals surface area contributed by atoms with E-state index in [4.69, 9.17) is 9.47 Å². The quantitative estimate of drug-likeness (QED) is 0.398. The standard InChI is InChI=1S/C23H38O2.Y/c1-17(2)23(18(3)4)21-11-13-22(14-12-21)25-19(5)24-16-15-20-9-7-6-8-10-20;/h11-14,17-20,23H,6-10,15-16H2,1-5H3;. The molecule has 0 spiro atoms. The van der Waals surface area contributed by atoms with Gasteiger partial charge in [0.05, 0.1) is 6.61 Å². The first-order valence-corrected chi connectivity index (χ1v) is 10.4. The van der Waals surface area contributed by atoms with E-state index in [0.717, 1.165) is 18.3 Å². The van der Waals surface area contributed by atoms with E-state index in [1.54, 1.807) is 0 Å². The van der Waals surface area contributed by atoms with Crippen LogP contribution in [-0.4, -0.2) is 12.9 Å². The van der Waals surface area contributed by atoms with Crippen molar-refractivity contribution in [2.45, 2.75) is 85.4 Å². The molecule has 2 rings (SSSR count). The van der Waals surface area contributed by atoms with E-state index in [0.29, 0.717) is 17.8 Å². The molecule has 2 nitrogen and oxygen atoms in total. The largest absolute Gasteiger partial charge is 0.465 e. The molecule has 26 heavy (non-hydrogen) atoms. The Kier molecular flexibility index (Phi) is 11.6. The van der Waals surface area contributed by atoms with Gasteiger partial charge in [0.25, 0.3) is 0 Å². The predicted octanol–water partition coefficient (Wildman–Crippen LogP) is 6.79. The third kappa shape index (κ3) is 7.99. The van der Waals surface area contributed by atoms with Crippen LogP contribution >= 0.6 is 0 Å². The molecule has 1 unspecified atom stereocenters. The van der Waals surface area contributed by atoms with Gasteiger partial charge in [-0.1, -0.05) is 71.9 Å². The normalized spacial score (nSPS) is 16.8. The van der Waals surface area contributed by atoms with E-state index < -0.39 is 0 Å². The van der Waals surface area contributed by atoms with Crippen LogP contribution in [0.3, 0.4) is 0 Å². The second-order valence-electron chi connectivity index (χ2n) is 8.43. The molecule has 0 N–H and O–H groups in total. The molecule has 1 aliphatic carbocycles. The van der Waals surface area contributed by atoms with Crippen LogP contribution in [0.2, 0.25) is 0 Å². The topological polar surface area (TPSA) is 18.5 Å². The van der Waals surface area contributed by atoms with Gasteiger partial charge in [0.2, 0.25) is 0 Å². The zero-order chi connectivity index (χ0) is 18.2. The molecule has 0 amide bonds. The second-order valence-corrected chi connectivity index (χ2v) is 8.43. The smallest absolute Gasteiger partial charge is 0.196 e. The van der Waals surface area contributed by atoms with E-state index >= 15 is 0 Å². The summed E-state index contributed by atoms with van der Waals surface area (Å²) >= 11 is 0. The van der Waals surface area contributed by atoms with E-state index in [2.05, 4.69) is 52.0 Å². The number of rotatable bonds is 9. The molecule has 1 aliphatic rings. The molecule has 0 saturated heterocycles. The first-order chi connectivity index (χ1) is 12.0. The Labute approximate surface area is 186 Å². The van der Waals surface area contributed by atoms with Gasteiger partial charge in [-0.3, -0.25) is 0 Å². The van der Waals surface area contributed by atoms with Crippen molar-refractivity contribution >= 4 is 0 Å². The third-order valence-corrected chi connectivity index (χ3v) is 5.61. The van der Waals surface area contributed by atoms with Crippen molar-refractivity contribution < 1.29 is 42.2 Å². The molecule has 0 aromatic heterocycles. The first-order valence-electron chi connectivity index (χ1n) is 10.4. The van der Waals surface area contributed by atoms with Crippen molar-refractivity contribution in [2.75, 3.05) is 6.61 Å². The summed E-state index contributed by atoms with van der Waals surface area (Å²) in [7, 11) is 0. The predicted molar refractivity (Wildman–Crippen MR) is 106 cm³/mol. The minimum Gasteiger partial charge on any atom is -0.465 e. The Bertz CT molecular complexity index is 469. The van der Waals surface area contributed by atoms with Gasteiger partial charge >= 0.3 is 0 Å². The zero-order valence-electron chi connectivity index (χ0n) is 17.5. The molecule has 1 aromatic rings. The molecule has 0 bridgehead atoms. The Balaban J connectivity index is 0.00000338. The van der Waals surface area contributed by atoms with Crippen LogP contribution < -0.4 is 4.74 Å². The van der Waals surface area contributed by atoms with Crippen molar-refractivity contribution in [1.82, 2.24) is 0 Å².